The van der Waals surface area contributed by atoms with Crippen LogP contribution in [0.3, 0.4) is 0 Å². The Morgan fingerprint density at radius 2 is 1.00 bits per heavy atom. The maximum Gasteiger partial charge on any atom is 0.202 e. The zero-order valence-electron chi connectivity index (χ0n) is 15.8. The van der Waals surface area contributed by atoms with Crippen molar-refractivity contribution in [1.29, 1.82) is 0 Å². The van der Waals surface area contributed by atoms with Gasteiger partial charge in [-0.25, -0.2) is 16.8 Å². The predicted octanol–water partition coefficient (Wildman–Crippen LogP) is 4.52. The molecule has 0 aromatic heterocycles. The van der Waals surface area contributed by atoms with Crippen LogP contribution in [0.25, 0.3) is 0 Å². The molecule has 6 heteroatoms. The molecule has 2 aromatic carbocycles. The fourth-order valence-electron chi connectivity index (χ4n) is 4.22. The van der Waals surface area contributed by atoms with E-state index in [0.29, 0.717) is 22.7 Å². The highest BCUT2D eigenvalue weighted by molar-refractivity contribution is 7.95. The van der Waals surface area contributed by atoms with Crippen LogP contribution >= 0.6 is 0 Å². The smallest absolute Gasteiger partial charge is 0.202 e. The van der Waals surface area contributed by atoms with Crippen LogP contribution in [0.5, 0.6) is 0 Å². The third kappa shape index (κ3) is 2.78. The van der Waals surface area contributed by atoms with Gasteiger partial charge >= 0.3 is 0 Å². The maximum absolute atomic E-state index is 13.0. The molecule has 0 saturated carbocycles. The van der Waals surface area contributed by atoms with Crippen LogP contribution < -0.4 is 0 Å². The van der Waals surface area contributed by atoms with Crippen molar-refractivity contribution in [2.75, 3.05) is 0 Å². The van der Waals surface area contributed by atoms with Crippen molar-refractivity contribution in [1.82, 2.24) is 0 Å². The van der Waals surface area contributed by atoms with Crippen molar-refractivity contribution in [3.05, 3.63) is 82.6 Å². The molecule has 2 aliphatic rings. The number of fused-ring (bicyclic) bond motifs is 1. The summed E-state index contributed by atoms with van der Waals surface area (Å²) in [5, 5.41) is 0. The first-order valence-electron chi connectivity index (χ1n) is 9.12. The third-order valence-corrected chi connectivity index (χ3v) is 9.84. The van der Waals surface area contributed by atoms with Gasteiger partial charge in [-0.2, -0.15) is 0 Å². The number of hydrogen-bond donors (Lipinski definition) is 0. The van der Waals surface area contributed by atoms with Gasteiger partial charge < -0.3 is 0 Å². The van der Waals surface area contributed by atoms with Crippen molar-refractivity contribution >= 4 is 19.7 Å². The van der Waals surface area contributed by atoms with E-state index in [4.69, 9.17) is 0 Å². The maximum atomic E-state index is 13.0. The summed E-state index contributed by atoms with van der Waals surface area (Å²) in [6, 6.07) is 16.8. The van der Waals surface area contributed by atoms with Crippen LogP contribution in [0.1, 0.15) is 26.7 Å². The zero-order chi connectivity index (χ0) is 20.2. The molecule has 0 atom stereocenters. The van der Waals surface area contributed by atoms with Crippen molar-refractivity contribution < 1.29 is 16.8 Å². The van der Waals surface area contributed by atoms with E-state index in [9.17, 15) is 16.8 Å². The molecule has 0 N–H and O–H groups in total. The SMILES string of the molecule is CC12C=C(S(=O)(=O)c3ccccc3)CC1(C)CC(S(=O)(=O)c1ccccc1)=C2. The Hall–Kier alpha value is -2.18. The highest BCUT2D eigenvalue weighted by atomic mass is 32.2. The van der Waals surface area contributed by atoms with Gasteiger partial charge in [-0.15, -0.1) is 0 Å². The fraction of sp³-hybridized carbons (Fsp3) is 0.273. The first-order chi connectivity index (χ1) is 13.1. The van der Waals surface area contributed by atoms with Gasteiger partial charge in [0.2, 0.25) is 19.7 Å². The van der Waals surface area contributed by atoms with E-state index < -0.39 is 30.5 Å². The monoisotopic (exact) mass is 414 g/mol. The summed E-state index contributed by atoms with van der Waals surface area (Å²) in [7, 11) is -7.16. The zero-order valence-corrected chi connectivity index (χ0v) is 17.4. The molecular weight excluding hydrogens is 392 g/mol. The van der Waals surface area contributed by atoms with Crippen LogP contribution in [0.4, 0.5) is 0 Å². The molecule has 0 unspecified atom stereocenters. The molecule has 4 nitrogen and oxygen atoms in total. The van der Waals surface area contributed by atoms with Crippen molar-refractivity contribution in [2.24, 2.45) is 10.8 Å². The lowest BCUT2D eigenvalue weighted by Crippen LogP contribution is -2.26. The lowest BCUT2D eigenvalue weighted by atomic mass is 9.70. The highest BCUT2D eigenvalue weighted by Gasteiger charge is 2.55. The average molecular weight is 415 g/mol. The Morgan fingerprint density at radius 3 is 1.32 bits per heavy atom. The van der Waals surface area contributed by atoms with Gasteiger partial charge in [0.05, 0.1) is 9.79 Å². The molecule has 0 heterocycles. The number of rotatable bonds is 4. The Bertz CT molecular complexity index is 1100. The number of sulfone groups is 2. The molecule has 0 saturated heterocycles. The Kier molecular flexibility index (Phi) is 4.21. The molecule has 0 fully saturated rings. The first-order valence-corrected chi connectivity index (χ1v) is 12.1. The van der Waals surface area contributed by atoms with Gasteiger partial charge in [-0.05, 0) is 42.5 Å². The summed E-state index contributed by atoms with van der Waals surface area (Å²) >= 11 is 0. The van der Waals surface area contributed by atoms with Gasteiger partial charge in [0.25, 0.3) is 0 Å². The molecule has 2 aliphatic carbocycles. The van der Waals surface area contributed by atoms with E-state index in [-0.39, 0.29) is 9.79 Å². The van der Waals surface area contributed by atoms with E-state index in [1.165, 1.54) is 0 Å². The van der Waals surface area contributed by atoms with Crippen LogP contribution in [0.15, 0.2) is 92.4 Å². The Labute approximate surface area is 166 Å². The van der Waals surface area contributed by atoms with E-state index in [1.807, 2.05) is 13.8 Å². The molecule has 4 rings (SSSR count). The summed E-state index contributed by atoms with van der Waals surface area (Å²) < 4.78 is 52.2. The highest BCUT2D eigenvalue weighted by Crippen LogP contribution is 2.62. The molecule has 0 bridgehead atoms. The molecule has 2 aromatic rings. The van der Waals surface area contributed by atoms with Gasteiger partial charge in [0.15, 0.2) is 0 Å². The molecule has 146 valence electrons. The third-order valence-electron chi connectivity index (χ3n) is 6.15. The lowest BCUT2D eigenvalue weighted by molar-refractivity contribution is 0.217. The molecular formula is C22H22O4S2. The van der Waals surface area contributed by atoms with Crippen LogP contribution in [0, 0.1) is 10.8 Å². The molecule has 0 amide bonds. The summed E-state index contributed by atoms with van der Waals surface area (Å²) in [5.74, 6) is 0. The average Bonchev–Trinajstić information content (AvgIpc) is 3.08. The van der Waals surface area contributed by atoms with Gasteiger partial charge in [0, 0.05) is 15.2 Å². The van der Waals surface area contributed by atoms with E-state index in [1.54, 1.807) is 72.8 Å². The standard InChI is InChI=1S/C22H22O4S2/c1-21-13-19(27(23,24)17-9-5-3-6-10-17)15-22(21,2)16-20(14-21)28(25,26)18-11-7-4-8-12-18/h3-14H,15-16H2,1-2H3. The second-order valence-corrected chi connectivity index (χ2v) is 12.1. The van der Waals surface area contributed by atoms with Crippen LogP contribution in [-0.4, -0.2) is 16.8 Å². The minimum absolute atomic E-state index is 0.273. The predicted molar refractivity (Wildman–Crippen MR) is 109 cm³/mol. The Morgan fingerprint density at radius 1 is 0.643 bits per heavy atom. The van der Waals surface area contributed by atoms with Crippen molar-refractivity contribution in [3.8, 4) is 0 Å². The van der Waals surface area contributed by atoms with E-state index >= 15 is 0 Å². The fourth-order valence-corrected chi connectivity index (χ4v) is 7.67. The van der Waals surface area contributed by atoms with Gasteiger partial charge in [-0.3, -0.25) is 0 Å². The van der Waals surface area contributed by atoms with Crippen LogP contribution in [-0.2, 0) is 19.7 Å². The molecule has 0 radical (unpaired) electrons. The summed E-state index contributed by atoms with van der Waals surface area (Å²) in [6.07, 6.45) is 4.15. The second-order valence-electron chi connectivity index (χ2n) is 8.05. The van der Waals surface area contributed by atoms with Crippen molar-refractivity contribution in [3.63, 3.8) is 0 Å². The van der Waals surface area contributed by atoms with Crippen molar-refractivity contribution in [2.45, 2.75) is 36.5 Å². The quantitative estimate of drug-likeness (QED) is 0.737. The van der Waals surface area contributed by atoms with E-state index in [2.05, 4.69) is 0 Å². The lowest BCUT2D eigenvalue weighted by Gasteiger charge is -2.33. The minimum atomic E-state index is -3.58. The number of allylic oxidation sites excluding steroid dienone is 4. The normalized spacial score (nSPS) is 27.2. The summed E-state index contributed by atoms with van der Waals surface area (Å²) in [5.41, 5.74) is -1.11. The minimum Gasteiger partial charge on any atom is -0.219 e. The number of benzene rings is 2. The van der Waals surface area contributed by atoms with Crippen LogP contribution in [0.2, 0.25) is 0 Å². The summed E-state index contributed by atoms with van der Waals surface area (Å²) in [6.45, 7) is 3.90. The summed E-state index contributed by atoms with van der Waals surface area (Å²) in [4.78, 5) is 1.29. The van der Waals surface area contributed by atoms with Gasteiger partial charge in [-0.1, -0.05) is 62.4 Å². The topological polar surface area (TPSA) is 68.3 Å². The largest absolute Gasteiger partial charge is 0.219 e. The first kappa shape index (κ1) is 19.2. The number of hydrogen-bond acceptors (Lipinski definition) is 4. The molecule has 28 heavy (non-hydrogen) atoms. The Balaban J connectivity index is 1.76. The van der Waals surface area contributed by atoms with Gasteiger partial charge in [0.1, 0.15) is 0 Å². The molecule has 0 aliphatic heterocycles. The second kappa shape index (κ2) is 6.16. The molecule has 0 spiro atoms. The van der Waals surface area contributed by atoms with E-state index in [0.717, 1.165) is 0 Å².